The molecule has 0 aliphatic heterocycles. The lowest BCUT2D eigenvalue weighted by molar-refractivity contribution is 0.100. The summed E-state index contributed by atoms with van der Waals surface area (Å²) in [4.78, 5) is 21.4. The quantitative estimate of drug-likeness (QED) is 0.574. The fourth-order valence-electron chi connectivity index (χ4n) is 2.86. The Morgan fingerprint density at radius 2 is 1.81 bits per heavy atom. The maximum absolute atomic E-state index is 12.0. The molecule has 0 saturated carbocycles. The number of fused-ring (bicyclic) bond motifs is 1. The van der Waals surface area contributed by atoms with E-state index < -0.39 is 5.91 Å². The monoisotopic (exact) mass is 380 g/mol. The summed E-state index contributed by atoms with van der Waals surface area (Å²) in [5.41, 5.74) is 8.49. The molecule has 2 aromatic heterocycles. The Hall–Kier alpha value is -3.39. The van der Waals surface area contributed by atoms with Gasteiger partial charge in [-0.25, -0.2) is 9.97 Å². The van der Waals surface area contributed by atoms with Gasteiger partial charge in [-0.2, -0.15) is 0 Å². The van der Waals surface area contributed by atoms with Crippen LogP contribution >= 0.6 is 11.3 Å². The molecule has 7 nitrogen and oxygen atoms in total. The summed E-state index contributed by atoms with van der Waals surface area (Å²) in [5.74, 6) is 0.667. The van der Waals surface area contributed by atoms with Gasteiger partial charge in [0.05, 0.1) is 30.9 Å². The van der Waals surface area contributed by atoms with Crippen LogP contribution in [0.4, 0.5) is 0 Å². The van der Waals surface area contributed by atoms with Crippen molar-refractivity contribution >= 4 is 28.3 Å². The van der Waals surface area contributed by atoms with E-state index in [1.807, 2.05) is 36.4 Å². The fourth-order valence-corrected chi connectivity index (χ4v) is 3.78. The number of primary amides is 1. The lowest BCUT2D eigenvalue weighted by atomic mass is 10.1. The van der Waals surface area contributed by atoms with Gasteiger partial charge in [0.25, 0.3) is 5.91 Å². The second kappa shape index (κ2) is 6.73. The SMILES string of the molecule is COc1cc2ncn(-c3nc(-c4ccccc4)c(C(N)=O)s3)c2cc1OC. The molecule has 0 unspecified atom stereocenters. The number of thiazole rings is 1. The van der Waals surface area contributed by atoms with Crippen molar-refractivity contribution in [1.29, 1.82) is 0 Å². The molecule has 0 fully saturated rings. The van der Waals surface area contributed by atoms with Gasteiger partial charge in [0.2, 0.25) is 0 Å². The fraction of sp³-hybridized carbons (Fsp3) is 0.105. The number of amides is 1. The van der Waals surface area contributed by atoms with E-state index in [9.17, 15) is 4.79 Å². The van der Waals surface area contributed by atoms with E-state index in [0.29, 0.717) is 27.2 Å². The van der Waals surface area contributed by atoms with Crippen molar-refractivity contribution in [3.63, 3.8) is 0 Å². The van der Waals surface area contributed by atoms with E-state index in [1.165, 1.54) is 11.3 Å². The number of ether oxygens (including phenoxy) is 2. The molecule has 0 aliphatic rings. The minimum absolute atomic E-state index is 0.401. The first-order valence-electron chi connectivity index (χ1n) is 8.08. The zero-order valence-corrected chi connectivity index (χ0v) is 15.5. The summed E-state index contributed by atoms with van der Waals surface area (Å²) in [6.07, 6.45) is 1.65. The van der Waals surface area contributed by atoms with Crippen LogP contribution in [0.15, 0.2) is 48.8 Å². The Labute approximate surface area is 159 Å². The summed E-state index contributed by atoms with van der Waals surface area (Å²) >= 11 is 1.22. The number of rotatable bonds is 5. The number of hydrogen-bond donors (Lipinski definition) is 1. The third kappa shape index (κ3) is 2.89. The Kier molecular flexibility index (Phi) is 4.25. The number of benzene rings is 2. The molecular weight excluding hydrogens is 364 g/mol. The van der Waals surface area contributed by atoms with Gasteiger partial charge in [0.15, 0.2) is 16.6 Å². The molecule has 8 heteroatoms. The molecule has 0 bridgehead atoms. The molecule has 0 aliphatic carbocycles. The summed E-state index contributed by atoms with van der Waals surface area (Å²) in [7, 11) is 3.15. The summed E-state index contributed by atoms with van der Waals surface area (Å²) in [6, 6.07) is 13.1. The smallest absolute Gasteiger partial charge is 0.261 e. The minimum Gasteiger partial charge on any atom is -0.493 e. The van der Waals surface area contributed by atoms with Crippen LogP contribution in [-0.2, 0) is 0 Å². The molecule has 2 heterocycles. The number of aromatic nitrogens is 3. The van der Waals surface area contributed by atoms with Crippen LogP contribution in [-0.4, -0.2) is 34.7 Å². The van der Waals surface area contributed by atoms with E-state index in [-0.39, 0.29) is 0 Å². The summed E-state index contributed by atoms with van der Waals surface area (Å²) < 4.78 is 12.5. The van der Waals surface area contributed by atoms with Gasteiger partial charge in [-0.15, -0.1) is 0 Å². The minimum atomic E-state index is -0.513. The van der Waals surface area contributed by atoms with Gasteiger partial charge in [-0.1, -0.05) is 41.7 Å². The van der Waals surface area contributed by atoms with Crippen LogP contribution in [0.1, 0.15) is 9.67 Å². The maximum atomic E-state index is 12.0. The Balaban J connectivity index is 1.90. The largest absolute Gasteiger partial charge is 0.493 e. The van der Waals surface area contributed by atoms with Crippen molar-refractivity contribution in [1.82, 2.24) is 14.5 Å². The third-order valence-electron chi connectivity index (χ3n) is 4.15. The third-order valence-corrected chi connectivity index (χ3v) is 5.21. The van der Waals surface area contributed by atoms with E-state index in [0.717, 1.165) is 16.6 Å². The number of methoxy groups -OCH3 is 2. The Morgan fingerprint density at radius 1 is 1.11 bits per heavy atom. The van der Waals surface area contributed by atoms with Crippen LogP contribution in [0, 0.1) is 0 Å². The van der Waals surface area contributed by atoms with Crippen molar-refractivity contribution in [3.05, 3.63) is 53.7 Å². The molecular formula is C19H16N4O3S. The van der Waals surface area contributed by atoms with E-state index in [2.05, 4.69) is 9.97 Å². The van der Waals surface area contributed by atoms with Crippen molar-refractivity contribution in [2.45, 2.75) is 0 Å². The van der Waals surface area contributed by atoms with Crippen molar-refractivity contribution < 1.29 is 14.3 Å². The molecule has 136 valence electrons. The number of carbonyl (C=O) groups excluding carboxylic acids is 1. The van der Waals surface area contributed by atoms with Crippen LogP contribution in [0.25, 0.3) is 27.4 Å². The number of nitrogens with zero attached hydrogens (tertiary/aromatic N) is 3. The van der Waals surface area contributed by atoms with Crippen LogP contribution in [0.5, 0.6) is 11.5 Å². The highest BCUT2D eigenvalue weighted by Gasteiger charge is 2.20. The highest BCUT2D eigenvalue weighted by molar-refractivity contribution is 7.16. The van der Waals surface area contributed by atoms with Crippen molar-refractivity contribution in [2.75, 3.05) is 14.2 Å². The maximum Gasteiger partial charge on any atom is 0.261 e. The van der Waals surface area contributed by atoms with E-state index in [4.69, 9.17) is 15.2 Å². The Bertz CT molecular complexity index is 1130. The average Bonchev–Trinajstić information content (AvgIpc) is 3.31. The number of carbonyl (C=O) groups is 1. The highest BCUT2D eigenvalue weighted by Crippen LogP contribution is 2.35. The second-order valence-electron chi connectivity index (χ2n) is 5.71. The summed E-state index contributed by atoms with van der Waals surface area (Å²) in [5, 5.41) is 0.595. The molecule has 0 spiro atoms. The standard InChI is InChI=1S/C19H16N4O3S/c1-25-14-8-12-13(9-15(14)26-2)23(10-21-12)19-22-16(17(27-19)18(20)24)11-6-4-3-5-7-11/h3-10H,1-2H3,(H2,20,24). The molecule has 1 amide bonds. The van der Waals surface area contributed by atoms with Crippen LogP contribution in [0.3, 0.4) is 0 Å². The van der Waals surface area contributed by atoms with Crippen molar-refractivity contribution in [2.24, 2.45) is 5.73 Å². The normalized spacial score (nSPS) is 10.9. The van der Waals surface area contributed by atoms with Gasteiger partial charge in [-0.05, 0) is 0 Å². The zero-order valence-electron chi connectivity index (χ0n) is 14.7. The Morgan fingerprint density at radius 3 is 2.48 bits per heavy atom. The number of nitrogens with two attached hydrogens (primary N) is 1. The number of hydrogen-bond acceptors (Lipinski definition) is 6. The lowest BCUT2D eigenvalue weighted by Crippen LogP contribution is -2.10. The molecule has 4 rings (SSSR count). The van der Waals surface area contributed by atoms with Gasteiger partial charge in [-0.3, -0.25) is 9.36 Å². The zero-order chi connectivity index (χ0) is 19.0. The van der Waals surface area contributed by atoms with Crippen LogP contribution in [0.2, 0.25) is 0 Å². The molecule has 2 aromatic carbocycles. The molecule has 2 N–H and O–H groups in total. The molecule has 27 heavy (non-hydrogen) atoms. The van der Waals surface area contributed by atoms with Gasteiger partial charge in [0.1, 0.15) is 11.2 Å². The molecule has 0 atom stereocenters. The van der Waals surface area contributed by atoms with Gasteiger partial charge in [0, 0.05) is 17.7 Å². The highest BCUT2D eigenvalue weighted by atomic mass is 32.1. The van der Waals surface area contributed by atoms with Crippen LogP contribution < -0.4 is 15.2 Å². The first-order chi connectivity index (χ1) is 13.1. The first-order valence-corrected chi connectivity index (χ1v) is 8.89. The van der Waals surface area contributed by atoms with Gasteiger partial charge >= 0.3 is 0 Å². The first kappa shape index (κ1) is 17.0. The molecule has 0 saturated heterocycles. The van der Waals surface area contributed by atoms with Crippen molar-refractivity contribution in [3.8, 4) is 27.9 Å². The predicted octanol–water partition coefficient (Wildman–Crippen LogP) is 3.27. The molecule has 4 aromatic rings. The lowest BCUT2D eigenvalue weighted by Gasteiger charge is -2.07. The number of imidazole rings is 1. The molecule has 0 radical (unpaired) electrons. The second-order valence-corrected chi connectivity index (χ2v) is 6.69. The average molecular weight is 380 g/mol. The summed E-state index contributed by atoms with van der Waals surface area (Å²) in [6.45, 7) is 0. The van der Waals surface area contributed by atoms with E-state index >= 15 is 0 Å². The van der Waals surface area contributed by atoms with E-state index in [1.54, 1.807) is 31.2 Å². The van der Waals surface area contributed by atoms with Gasteiger partial charge < -0.3 is 15.2 Å². The predicted molar refractivity (Wildman–Crippen MR) is 104 cm³/mol. The topological polar surface area (TPSA) is 92.3 Å².